The molecule has 3 N–H and O–H groups in total. The number of amides is 1. The van der Waals surface area contributed by atoms with Crippen molar-refractivity contribution >= 4 is 28.9 Å². The van der Waals surface area contributed by atoms with Gasteiger partial charge in [-0.1, -0.05) is 0 Å². The Hall–Kier alpha value is -3.08. The maximum absolute atomic E-state index is 12.0. The van der Waals surface area contributed by atoms with Gasteiger partial charge in [0.05, 0.1) is 22.0 Å². The summed E-state index contributed by atoms with van der Waals surface area (Å²) >= 11 is 0. The average Bonchev–Trinajstić information content (AvgIpc) is 2.42. The summed E-state index contributed by atoms with van der Waals surface area (Å²) in [4.78, 5) is 43.3. The van der Waals surface area contributed by atoms with Crippen LogP contribution in [0.25, 0.3) is 0 Å². The molecule has 0 fully saturated rings. The van der Waals surface area contributed by atoms with Crippen molar-refractivity contribution in [2.45, 2.75) is 13.0 Å². The Balaban J connectivity index is 3.46. The zero-order valence-electron chi connectivity index (χ0n) is 11.3. The van der Waals surface area contributed by atoms with E-state index in [0.717, 1.165) is 12.1 Å². The van der Waals surface area contributed by atoms with Gasteiger partial charge in [0.25, 0.3) is 11.4 Å². The Morgan fingerprint density at radius 3 is 2.32 bits per heavy atom. The molecule has 11 nitrogen and oxygen atoms in total. The molecular formula is C11H12N4O7. The van der Waals surface area contributed by atoms with E-state index in [2.05, 4.69) is 0 Å². The maximum atomic E-state index is 12.0. The normalized spacial score (nSPS) is 11.5. The second kappa shape index (κ2) is 6.58. The molecule has 0 spiro atoms. The van der Waals surface area contributed by atoms with Crippen molar-refractivity contribution in [2.24, 2.45) is 5.73 Å². The number of carbonyl (C=O) groups is 2. The number of aliphatic carboxylic acids is 1. The van der Waals surface area contributed by atoms with Gasteiger partial charge < -0.3 is 10.8 Å². The summed E-state index contributed by atoms with van der Waals surface area (Å²) in [5.41, 5.74) is 3.70. The van der Waals surface area contributed by atoms with Gasteiger partial charge in [0.2, 0.25) is 5.91 Å². The van der Waals surface area contributed by atoms with E-state index in [1.54, 1.807) is 0 Å². The first kappa shape index (κ1) is 17.0. The van der Waals surface area contributed by atoms with E-state index >= 15 is 0 Å². The molecule has 0 aliphatic heterocycles. The van der Waals surface area contributed by atoms with Crippen LogP contribution < -0.4 is 10.6 Å². The Morgan fingerprint density at radius 2 is 1.91 bits per heavy atom. The Morgan fingerprint density at radius 1 is 1.32 bits per heavy atom. The van der Waals surface area contributed by atoms with Gasteiger partial charge in [-0.25, -0.2) is 0 Å². The predicted molar refractivity (Wildman–Crippen MR) is 73.4 cm³/mol. The number of nitro groups is 2. The molecule has 22 heavy (non-hydrogen) atoms. The standard InChI is InChI=1S/C11H12N4O7/c1-6(12)11(18)13(5-10(16)17)8-3-2-7(14(19)20)4-9(8)15(21)22/h2-4,6H,5,12H2,1H3,(H,16,17)/t6-/m0/s1. The summed E-state index contributed by atoms with van der Waals surface area (Å²) in [6.07, 6.45) is 0. The number of carboxylic acid groups (broad SMARTS) is 1. The first-order valence-corrected chi connectivity index (χ1v) is 5.86. The molecule has 11 heteroatoms. The fourth-order valence-corrected chi connectivity index (χ4v) is 1.66. The van der Waals surface area contributed by atoms with Crippen LogP contribution in [0.1, 0.15) is 6.92 Å². The molecule has 0 aliphatic rings. The van der Waals surface area contributed by atoms with Crippen LogP contribution in [0.3, 0.4) is 0 Å². The number of rotatable bonds is 6. The Labute approximate surface area is 123 Å². The summed E-state index contributed by atoms with van der Waals surface area (Å²) in [5.74, 6) is -2.28. The minimum Gasteiger partial charge on any atom is -0.480 e. The fourth-order valence-electron chi connectivity index (χ4n) is 1.66. The number of carboxylic acids is 1. The topological polar surface area (TPSA) is 170 Å². The highest BCUT2D eigenvalue weighted by Crippen LogP contribution is 2.32. The smallest absolute Gasteiger partial charge is 0.323 e. The second-order valence-electron chi connectivity index (χ2n) is 4.29. The van der Waals surface area contributed by atoms with Crippen molar-refractivity contribution in [1.29, 1.82) is 0 Å². The third-order valence-corrected chi connectivity index (χ3v) is 2.61. The van der Waals surface area contributed by atoms with Gasteiger partial charge in [-0.2, -0.15) is 0 Å². The lowest BCUT2D eigenvalue weighted by molar-refractivity contribution is -0.393. The molecule has 0 aliphatic carbocycles. The molecule has 0 heterocycles. The van der Waals surface area contributed by atoms with Crippen LogP contribution in [0.4, 0.5) is 17.1 Å². The van der Waals surface area contributed by atoms with Crippen LogP contribution in [0.15, 0.2) is 18.2 Å². The molecule has 0 bridgehead atoms. The molecule has 0 aromatic heterocycles. The largest absolute Gasteiger partial charge is 0.480 e. The summed E-state index contributed by atoms with van der Waals surface area (Å²) < 4.78 is 0. The Kier molecular flexibility index (Phi) is 5.08. The van der Waals surface area contributed by atoms with Gasteiger partial charge in [-0.3, -0.25) is 34.7 Å². The Bertz CT molecular complexity index is 643. The number of hydrogen-bond acceptors (Lipinski definition) is 7. The number of benzene rings is 1. The molecule has 0 radical (unpaired) electrons. The SMILES string of the molecule is C[C@H](N)C(=O)N(CC(=O)O)c1ccc([N+](=O)[O-])cc1[N+](=O)[O-]. The number of non-ortho nitro benzene ring substituents is 1. The first-order valence-electron chi connectivity index (χ1n) is 5.86. The van der Waals surface area contributed by atoms with Crippen molar-refractivity contribution in [3.8, 4) is 0 Å². The van der Waals surface area contributed by atoms with E-state index in [-0.39, 0.29) is 5.69 Å². The van der Waals surface area contributed by atoms with Crippen LogP contribution in [-0.4, -0.2) is 39.4 Å². The molecule has 1 atom stereocenters. The van der Waals surface area contributed by atoms with E-state index in [0.29, 0.717) is 11.0 Å². The van der Waals surface area contributed by atoms with Crippen molar-refractivity contribution < 1.29 is 24.5 Å². The molecule has 0 saturated heterocycles. The maximum Gasteiger partial charge on any atom is 0.323 e. The third-order valence-electron chi connectivity index (χ3n) is 2.61. The molecule has 0 unspecified atom stereocenters. The zero-order valence-corrected chi connectivity index (χ0v) is 11.3. The van der Waals surface area contributed by atoms with E-state index in [1.165, 1.54) is 6.92 Å². The number of carbonyl (C=O) groups excluding carboxylic acids is 1. The van der Waals surface area contributed by atoms with Crippen LogP contribution in [-0.2, 0) is 9.59 Å². The molecule has 1 rings (SSSR count). The lowest BCUT2D eigenvalue weighted by Crippen LogP contribution is -2.45. The van der Waals surface area contributed by atoms with Crippen LogP contribution in [0, 0.1) is 20.2 Å². The third kappa shape index (κ3) is 3.73. The van der Waals surface area contributed by atoms with E-state index < -0.39 is 45.7 Å². The molecular weight excluding hydrogens is 300 g/mol. The summed E-state index contributed by atoms with van der Waals surface area (Å²) in [5, 5.41) is 30.5. The monoisotopic (exact) mass is 312 g/mol. The van der Waals surface area contributed by atoms with E-state index in [4.69, 9.17) is 10.8 Å². The van der Waals surface area contributed by atoms with Gasteiger partial charge in [0.1, 0.15) is 12.2 Å². The molecule has 0 saturated carbocycles. The van der Waals surface area contributed by atoms with Crippen molar-refractivity contribution in [3.05, 3.63) is 38.4 Å². The predicted octanol–water partition coefficient (Wildman–Crippen LogP) is 0.268. The number of nitro benzene ring substituents is 2. The number of nitrogens with zero attached hydrogens (tertiary/aromatic N) is 3. The summed E-state index contributed by atoms with van der Waals surface area (Å²) in [6.45, 7) is 0.424. The second-order valence-corrected chi connectivity index (χ2v) is 4.29. The molecule has 118 valence electrons. The van der Waals surface area contributed by atoms with Crippen molar-refractivity contribution in [2.75, 3.05) is 11.4 Å². The minimum absolute atomic E-state index is 0.375. The number of anilines is 1. The molecule has 1 aromatic carbocycles. The molecule has 1 aromatic rings. The van der Waals surface area contributed by atoms with Gasteiger partial charge in [-0.15, -0.1) is 0 Å². The van der Waals surface area contributed by atoms with Crippen molar-refractivity contribution in [3.63, 3.8) is 0 Å². The zero-order chi connectivity index (χ0) is 17.0. The van der Waals surface area contributed by atoms with Crippen LogP contribution in [0.2, 0.25) is 0 Å². The quantitative estimate of drug-likeness (QED) is 0.556. The highest BCUT2D eigenvalue weighted by Gasteiger charge is 2.29. The number of hydrogen-bond donors (Lipinski definition) is 2. The minimum atomic E-state index is -1.42. The lowest BCUT2D eigenvalue weighted by Gasteiger charge is -2.22. The summed E-state index contributed by atoms with van der Waals surface area (Å²) in [7, 11) is 0. The van der Waals surface area contributed by atoms with Gasteiger partial charge in [0, 0.05) is 6.07 Å². The first-order chi connectivity index (χ1) is 10.1. The number of nitrogens with two attached hydrogens (primary N) is 1. The van der Waals surface area contributed by atoms with Gasteiger partial charge in [0.15, 0.2) is 0 Å². The lowest BCUT2D eigenvalue weighted by atomic mass is 10.2. The highest BCUT2D eigenvalue weighted by molar-refractivity contribution is 6.02. The van der Waals surface area contributed by atoms with Crippen molar-refractivity contribution in [1.82, 2.24) is 0 Å². The summed E-state index contributed by atoms with van der Waals surface area (Å²) in [6, 6.07) is 1.43. The van der Waals surface area contributed by atoms with E-state index in [9.17, 15) is 29.8 Å². The highest BCUT2D eigenvalue weighted by atomic mass is 16.6. The average molecular weight is 312 g/mol. The van der Waals surface area contributed by atoms with Gasteiger partial charge in [-0.05, 0) is 13.0 Å². The van der Waals surface area contributed by atoms with Crippen LogP contribution >= 0.6 is 0 Å². The van der Waals surface area contributed by atoms with Crippen LogP contribution in [0.5, 0.6) is 0 Å². The molecule has 1 amide bonds. The fraction of sp³-hybridized carbons (Fsp3) is 0.273. The van der Waals surface area contributed by atoms with E-state index in [1.807, 2.05) is 0 Å². The van der Waals surface area contributed by atoms with Gasteiger partial charge >= 0.3 is 5.97 Å².